The number of carbonyl (C=O) groups excluding carboxylic acids is 1. The van der Waals surface area contributed by atoms with Crippen LogP contribution in [0.3, 0.4) is 0 Å². The zero-order chi connectivity index (χ0) is 13.8. The molecule has 0 aromatic carbocycles. The molecule has 2 rings (SSSR count). The van der Waals surface area contributed by atoms with Crippen molar-refractivity contribution in [3.05, 3.63) is 16.4 Å². The van der Waals surface area contributed by atoms with Gasteiger partial charge in [-0.3, -0.25) is 9.48 Å². The standard InChI is InChI=1S/C14H22BrN3O/c1-17(2)8-9-18-14(12(15)10-16-18)11-6-4-3-5-7-13(11)19/h10-11H,3-9H2,1-2H3. The van der Waals surface area contributed by atoms with Gasteiger partial charge in [0.15, 0.2) is 0 Å². The number of hydrogen-bond acceptors (Lipinski definition) is 3. The minimum atomic E-state index is 0.0292. The summed E-state index contributed by atoms with van der Waals surface area (Å²) < 4.78 is 2.98. The molecule has 1 fully saturated rings. The van der Waals surface area contributed by atoms with E-state index in [2.05, 4.69) is 40.0 Å². The molecule has 0 radical (unpaired) electrons. The third kappa shape index (κ3) is 3.66. The highest BCUT2D eigenvalue weighted by Crippen LogP contribution is 2.33. The van der Waals surface area contributed by atoms with Gasteiger partial charge in [-0.05, 0) is 42.9 Å². The third-order valence-corrected chi connectivity index (χ3v) is 4.34. The molecule has 4 nitrogen and oxygen atoms in total. The summed E-state index contributed by atoms with van der Waals surface area (Å²) in [6, 6.07) is 0. The average Bonchev–Trinajstić information content (AvgIpc) is 2.58. The smallest absolute Gasteiger partial charge is 0.141 e. The van der Waals surface area contributed by atoms with Crippen LogP contribution in [0.5, 0.6) is 0 Å². The van der Waals surface area contributed by atoms with Gasteiger partial charge in [0, 0.05) is 13.0 Å². The van der Waals surface area contributed by atoms with Gasteiger partial charge in [-0.25, -0.2) is 0 Å². The van der Waals surface area contributed by atoms with Crippen LogP contribution in [0.1, 0.15) is 43.7 Å². The van der Waals surface area contributed by atoms with Gasteiger partial charge in [-0.2, -0.15) is 5.10 Å². The number of Topliss-reactive ketones (excluding diaryl/α,β-unsaturated/α-hetero) is 1. The van der Waals surface area contributed by atoms with E-state index in [4.69, 9.17) is 0 Å². The molecule has 0 bridgehead atoms. The first-order valence-electron chi connectivity index (χ1n) is 6.98. The average molecular weight is 328 g/mol. The Balaban J connectivity index is 2.21. The Morgan fingerprint density at radius 1 is 1.42 bits per heavy atom. The van der Waals surface area contributed by atoms with Crippen molar-refractivity contribution in [2.45, 2.75) is 44.6 Å². The molecule has 1 aromatic heterocycles. The number of likely N-dealkylation sites (N-methyl/N-ethyl adjacent to an activating group) is 1. The van der Waals surface area contributed by atoms with Crippen LogP contribution in [0, 0.1) is 0 Å². The monoisotopic (exact) mass is 327 g/mol. The highest BCUT2D eigenvalue weighted by molar-refractivity contribution is 9.10. The zero-order valence-corrected chi connectivity index (χ0v) is 13.3. The Hall–Kier alpha value is -0.680. The van der Waals surface area contributed by atoms with Crippen LogP contribution in [-0.2, 0) is 11.3 Å². The molecule has 1 aromatic rings. The lowest BCUT2D eigenvalue weighted by Crippen LogP contribution is -2.23. The van der Waals surface area contributed by atoms with E-state index in [9.17, 15) is 4.79 Å². The highest BCUT2D eigenvalue weighted by Gasteiger charge is 2.27. The van der Waals surface area contributed by atoms with E-state index >= 15 is 0 Å². The number of aromatic nitrogens is 2. The van der Waals surface area contributed by atoms with Crippen LogP contribution in [0.4, 0.5) is 0 Å². The highest BCUT2D eigenvalue weighted by atomic mass is 79.9. The topological polar surface area (TPSA) is 38.1 Å². The fourth-order valence-corrected chi connectivity index (χ4v) is 3.21. The van der Waals surface area contributed by atoms with Crippen LogP contribution < -0.4 is 0 Å². The molecule has 0 saturated heterocycles. The Bertz CT molecular complexity index is 442. The predicted molar refractivity (Wildman–Crippen MR) is 79.3 cm³/mol. The molecule has 1 aliphatic carbocycles. The quantitative estimate of drug-likeness (QED) is 0.798. The van der Waals surface area contributed by atoms with Crippen LogP contribution >= 0.6 is 15.9 Å². The van der Waals surface area contributed by atoms with Crippen molar-refractivity contribution in [3.63, 3.8) is 0 Å². The fraction of sp³-hybridized carbons (Fsp3) is 0.714. The van der Waals surface area contributed by atoms with Crippen molar-refractivity contribution in [2.24, 2.45) is 0 Å². The van der Waals surface area contributed by atoms with Gasteiger partial charge >= 0.3 is 0 Å². The van der Waals surface area contributed by atoms with E-state index in [1.54, 1.807) is 0 Å². The van der Waals surface area contributed by atoms with Gasteiger partial charge in [0.2, 0.25) is 0 Å². The summed E-state index contributed by atoms with van der Waals surface area (Å²) in [4.78, 5) is 14.4. The van der Waals surface area contributed by atoms with Crippen LogP contribution in [0.2, 0.25) is 0 Å². The molecule has 1 atom stereocenters. The lowest BCUT2D eigenvalue weighted by molar-refractivity contribution is -0.120. The second kappa shape index (κ2) is 6.66. The number of rotatable bonds is 4. The van der Waals surface area contributed by atoms with E-state index in [-0.39, 0.29) is 5.92 Å². The number of hydrogen-bond donors (Lipinski definition) is 0. The van der Waals surface area contributed by atoms with Crippen molar-refractivity contribution >= 4 is 21.7 Å². The summed E-state index contributed by atoms with van der Waals surface area (Å²) in [5.41, 5.74) is 1.08. The first-order valence-corrected chi connectivity index (χ1v) is 7.77. The van der Waals surface area contributed by atoms with Gasteiger partial charge in [0.05, 0.1) is 28.8 Å². The van der Waals surface area contributed by atoms with Crippen LogP contribution in [-0.4, -0.2) is 41.1 Å². The van der Waals surface area contributed by atoms with E-state index in [0.717, 1.165) is 48.9 Å². The molecule has 1 saturated carbocycles. The van der Waals surface area contributed by atoms with Crippen molar-refractivity contribution in [1.29, 1.82) is 0 Å². The van der Waals surface area contributed by atoms with E-state index < -0.39 is 0 Å². The van der Waals surface area contributed by atoms with Crippen molar-refractivity contribution in [1.82, 2.24) is 14.7 Å². The van der Waals surface area contributed by atoms with E-state index in [1.807, 2.05) is 10.9 Å². The van der Waals surface area contributed by atoms with Gasteiger partial charge < -0.3 is 4.90 Å². The molecule has 0 N–H and O–H groups in total. The van der Waals surface area contributed by atoms with E-state index in [0.29, 0.717) is 5.78 Å². The molecular formula is C14H22BrN3O. The predicted octanol–water partition coefficient (Wildman–Crippen LogP) is 2.82. The molecule has 0 aliphatic heterocycles. The van der Waals surface area contributed by atoms with Crippen LogP contribution in [0.15, 0.2) is 10.7 Å². The molecular weight excluding hydrogens is 306 g/mol. The molecule has 1 heterocycles. The maximum atomic E-state index is 12.3. The van der Waals surface area contributed by atoms with Gasteiger partial charge in [-0.1, -0.05) is 12.8 Å². The molecule has 0 spiro atoms. The SMILES string of the molecule is CN(C)CCn1ncc(Br)c1C1CCCCCC1=O. The maximum absolute atomic E-state index is 12.3. The minimum absolute atomic E-state index is 0.0292. The summed E-state index contributed by atoms with van der Waals surface area (Å²) >= 11 is 3.56. The Kier molecular flexibility index (Phi) is 5.16. The second-order valence-electron chi connectivity index (χ2n) is 5.52. The summed E-state index contributed by atoms with van der Waals surface area (Å²) in [6.07, 6.45) is 6.86. The van der Waals surface area contributed by atoms with Gasteiger partial charge in [0.25, 0.3) is 0 Å². The normalized spacial score (nSPS) is 20.8. The largest absolute Gasteiger partial charge is 0.308 e. The first kappa shape index (κ1) is 14.7. The molecule has 19 heavy (non-hydrogen) atoms. The zero-order valence-electron chi connectivity index (χ0n) is 11.7. The summed E-state index contributed by atoms with van der Waals surface area (Å²) in [5, 5.41) is 4.42. The Morgan fingerprint density at radius 2 is 2.21 bits per heavy atom. The first-order chi connectivity index (χ1) is 9.09. The Morgan fingerprint density at radius 3 is 2.95 bits per heavy atom. The fourth-order valence-electron chi connectivity index (χ4n) is 2.64. The molecule has 5 heteroatoms. The lowest BCUT2D eigenvalue weighted by atomic mass is 9.95. The second-order valence-corrected chi connectivity index (χ2v) is 6.38. The number of nitrogens with zero attached hydrogens (tertiary/aromatic N) is 3. The summed E-state index contributed by atoms with van der Waals surface area (Å²) in [7, 11) is 4.10. The van der Waals surface area contributed by atoms with Gasteiger partial charge in [0.1, 0.15) is 5.78 Å². The van der Waals surface area contributed by atoms with Crippen molar-refractivity contribution < 1.29 is 4.79 Å². The van der Waals surface area contributed by atoms with Crippen LogP contribution in [0.25, 0.3) is 0 Å². The summed E-state index contributed by atoms with van der Waals surface area (Å²) in [6.45, 7) is 1.76. The summed E-state index contributed by atoms with van der Waals surface area (Å²) in [5.74, 6) is 0.409. The number of ketones is 1. The van der Waals surface area contributed by atoms with Crippen molar-refractivity contribution in [2.75, 3.05) is 20.6 Å². The molecule has 0 amide bonds. The number of halogens is 1. The van der Waals surface area contributed by atoms with Crippen molar-refractivity contribution in [3.8, 4) is 0 Å². The lowest BCUT2D eigenvalue weighted by Gasteiger charge is -2.17. The number of carbonyl (C=O) groups is 1. The maximum Gasteiger partial charge on any atom is 0.141 e. The van der Waals surface area contributed by atoms with Gasteiger partial charge in [-0.15, -0.1) is 0 Å². The molecule has 1 unspecified atom stereocenters. The Labute approximate surface area is 123 Å². The third-order valence-electron chi connectivity index (χ3n) is 3.73. The minimum Gasteiger partial charge on any atom is -0.308 e. The molecule has 1 aliphatic rings. The van der Waals surface area contributed by atoms with E-state index in [1.165, 1.54) is 6.42 Å². The molecule has 106 valence electrons.